The van der Waals surface area contributed by atoms with Gasteiger partial charge in [-0.15, -0.1) is 0 Å². The van der Waals surface area contributed by atoms with Crippen molar-refractivity contribution in [2.45, 2.75) is 18.9 Å². The van der Waals surface area contributed by atoms with Crippen molar-refractivity contribution in [3.05, 3.63) is 65.5 Å². The predicted octanol–water partition coefficient (Wildman–Crippen LogP) is 4.02. The third-order valence-electron chi connectivity index (χ3n) is 3.08. The zero-order chi connectivity index (χ0) is 15.5. The van der Waals surface area contributed by atoms with Gasteiger partial charge < -0.3 is 10.5 Å². The lowest BCUT2D eigenvalue weighted by Crippen LogP contribution is -2.23. The summed E-state index contributed by atoms with van der Waals surface area (Å²) in [7, 11) is 0. The molecule has 0 aliphatic heterocycles. The number of hydrogen-bond donors (Lipinski definition) is 1. The Morgan fingerprint density at radius 3 is 2.38 bits per heavy atom. The first kappa shape index (κ1) is 15.4. The minimum atomic E-state index is -3.14. The van der Waals surface area contributed by atoms with Crippen LogP contribution in [0.25, 0.3) is 0 Å². The van der Waals surface area contributed by atoms with Crippen molar-refractivity contribution >= 4 is 0 Å². The molecule has 2 aromatic rings. The molecule has 0 saturated heterocycles. The van der Waals surface area contributed by atoms with Crippen LogP contribution in [-0.4, -0.2) is 6.61 Å². The number of rotatable bonds is 5. The Hall–Kier alpha value is -2.01. The third-order valence-corrected chi connectivity index (χ3v) is 3.08. The number of hydrogen-bond acceptors (Lipinski definition) is 2. The Labute approximate surface area is 121 Å². The number of ether oxygens (including phenoxy) is 1. The molecule has 0 amide bonds. The molecular formula is C16H16F3NO. The summed E-state index contributed by atoms with van der Waals surface area (Å²) < 4.78 is 46.5. The summed E-state index contributed by atoms with van der Waals surface area (Å²) in [5.74, 6) is -3.66. The molecular weight excluding hydrogens is 279 g/mol. The van der Waals surface area contributed by atoms with Gasteiger partial charge in [0.15, 0.2) is 6.61 Å². The summed E-state index contributed by atoms with van der Waals surface area (Å²) >= 11 is 0. The molecule has 112 valence electrons. The van der Waals surface area contributed by atoms with Crippen LogP contribution in [0.1, 0.15) is 24.1 Å². The van der Waals surface area contributed by atoms with E-state index < -0.39 is 24.4 Å². The van der Waals surface area contributed by atoms with Gasteiger partial charge in [-0.2, -0.15) is 8.78 Å². The number of alkyl halides is 2. The maximum absolute atomic E-state index is 13.9. The van der Waals surface area contributed by atoms with Gasteiger partial charge in [0.25, 0.3) is 0 Å². The second-order valence-electron chi connectivity index (χ2n) is 4.83. The van der Waals surface area contributed by atoms with Gasteiger partial charge in [0.05, 0.1) is 0 Å². The van der Waals surface area contributed by atoms with Crippen LogP contribution in [0.3, 0.4) is 0 Å². The molecule has 5 heteroatoms. The van der Waals surface area contributed by atoms with Gasteiger partial charge in [-0.1, -0.05) is 36.4 Å². The van der Waals surface area contributed by atoms with E-state index in [-0.39, 0.29) is 11.3 Å². The van der Waals surface area contributed by atoms with E-state index >= 15 is 0 Å². The largest absolute Gasteiger partial charge is 0.487 e. The van der Waals surface area contributed by atoms with E-state index in [9.17, 15) is 13.2 Å². The molecule has 1 unspecified atom stereocenters. The van der Waals surface area contributed by atoms with E-state index in [1.54, 1.807) is 13.0 Å². The topological polar surface area (TPSA) is 35.2 Å². The Balaban J connectivity index is 2.08. The van der Waals surface area contributed by atoms with Gasteiger partial charge >= 0.3 is 5.92 Å². The van der Waals surface area contributed by atoms with Crippen LogP contribution >= 0.6 is 0 Å². The van der Waals surface area contributed by atoms with E-state index in [1.165, 1.54) is 36.4 Å². The lowest BCUT2D eigenvalue weighted by atomic mass is 10.1. The van der Waals surface area contributed by atoms with Gasteiger partial charge in [-0.3, -0.25) is 0 Å². The zero-order valence-corrected chi connectivity index (χ0v) is 11.5. The quantitative estimate of drug-likeness (QED) is 0.904. The molecule has 0 heterocycles. The van der Waals surface area contributed by atoms with Gasteiger partial charge in [-0.25, -0.2) is 4.39 Å². The second-order valence-corrected chi connectivity index (χ2v) is 4.83. The van der Waals surface area contributed by atoms with E-state index in [2.05, 4.69) is 0 Å². The van der Waals surface area contributed by atoms with Crippen molar-refractivity contribution in [2.75, 3.05) is 6.61 Å². The first-order valence-corrected chi connectivity index (χ1v) is 6.51. The highest BCUT2D eigenvalue weighted by Crippen LogP contribution is 2.29. The molecule has 0 fully saturated rings. The molecule has 2 aromatic carbocycles. The van der Waals surface area contributed by atoms with Crippen LogP contribution in [-0.2, 0) is 5.92 Å². The summed E-state index contributed by atoms with van der Waals surface area (Å²) in [6, 6.07) is 10.8. The summed E-state index contributed by atoms with van der Waals surface area (Å²) in [6.45, 7) is 0.788. The van der Waals surface area contributed by atoms with Crippen LogP contribution in [0, 0.1) is 5.82 Å². The Bertz CT molecular complexity index is 600. The average Bonchev–Trinajstić information content (AvgIpc) is 2.46. The van der Waals surface area contributed by atoms with Crippen molar-refractivity contribution in [1.29, 1.82) is 0 Å². The fourth-order valence-electron chi connectivity index (χ4n) is 1.91. The monoisotopic (exact) mass is 295 g/mol. The highest BCUT2D eigenvalue weighted by Gasteiger charge is 2.32. The zero-order valence-electron chi connectivity index (χ0n) is 11.5. The molecule has 0 radical (unpaired) electrons. The Kier molecular flexibility index (Phi) is 4.53. The van der Waals surface area contributed by atoms with Crippen LogP contribution in [0.5, 0.6) is 5.75 Å². The normalized spacial score (nSPS) is 13.0. The molecule has 0 aliphatic carbocycles. The molecule has 1 atom stereocenters. The van der Waals surface area contributed by atoms with Gasteiger partial charge in [-0.05, 0) is 13.0 Å². The lowest BCUT2D eigenvalue weighted by Gasteiger charge is -2.18. The molecule has 0 aromatic heterocycles. The van der Waals surface area contributed by atoms with Crippen LogP contribution in [0.4, 0.5) is 13.2 Å². The minimum Gasteiger partial charge on any atom is -0.487 e. The van der Waals surface area contributed by atoms with Crippen molar-refractivity contribution in [2.24, 2.45) is 5.73 Å². The predicted molar refractivity (Wildman–Crippen MR) is 74.8 cm³/mol. The first-order valence-electron chi connectivity index (χ1n) is 6.51. The SMILES string of the molecule is CC(N)c1ccc(OCC(F)(F)c2ccccc2)cc1F. The third kappa shape index (κ3) is 3.76. The van der Waals surface area contributed by atoms with Crippen molar-refractivity contribution in [1.82, 2.24) is 0 Å². The van der Waals surface area contributed by atoms with Crippen molar-refractivity contribution < 1.29 is 17.9 Å². The van der Waals surface area contributed by atoms with E-state index in [0.717, 1.165) is 6.07 Å². The second kappa shape index (κ2) is 6.18. The highest BCUT2D eigenvalue weighted by molar-refractivity contribution is 5.31. The molecule has 2 nitrogen and oxygen atoms in total. The van der Waals surface area contributed by atoms with Crippen LogP contribution < -0.4 is 10.5 Å². The summed E-state index contributed by atoms with van der Waals surface area (Å²) in [6.07, 6.45) is 0. The number of halogens is 3. The number of nitrogens with two attached hydrogens (primary N) is 1. The van der Waals surface area contributed by atoms with Gasteiger partial charge in [0.2, 0.25) is 0 Å². The van der Waals surface area contributed by atoms with Crippen LogP contribution in [0.15, 0.2) is 48.5 Å². The first-order chi connectivity index (χ1) is 9.90. The summed E-state index contributed by atoms with van der Waals surface area (Å²) in [5.41, 5.74) is 5.76. The van der Waals surface area contributed by atoms with E-state index in [4.69, 9.17) is 10.5 Å². The standard InChI is InChI=1S/C16H16F3NO/c1-11(20)14-8-7-13(9-15(14)17)21-10-16(18,19)12-5-3-2-4-6-12/h2-9,11H,10,20H2,1H3. The molecule has 21 heavy (non-hydrogen) atoms. The summed E-state index contributed by atoms with van der Waals surface area (Å²) in [4.78, 5) is 0. The number of benzene rings is 2. The van der Waals surface area contributed by atoms with Crippen molar-refractivity contribution in [3.63, 3.8) is 0 Å². The van der Waals surface area contributed by atoms with Crippen molar-refractivity contribution in [3.8, 4) is 5.75 Å². The minimum absolute atomic E-state index is 0.0486. The van der Waals surface area contributed by atoms with Crippen LogP contribution in [0.2, 0.25) is 0 Å². The van der Waals surface area contributed by atoms with Gasteiger partial charge in [0, 0.05) is 23.2 Å². The molecule has 0 aliphatic rings. The highest BCUT2D eigenvalue weighted by atomic mass is 19.3. The van der Waals surface area contributed by atoms with E-state index in [1.807, 2.05) is 0 Å². The molecule has 2 rings (SSSR count). The molecule has 0 bridgehead atoms. The Morgan fingerprint density at radius 1 is 1.14 bits per heavy atom. The maximum atomic E-state index is 13.9. The lowest BCUT2D eigenvalue weighted by molar-refractivity contribution is -0.0468. The van der Waals surface area contributed by atoms with Gasteiger partial charge in [0.1, 0.15) is 11.6 Å². The average molecular weight is 295 g/mol. The maximum Gasteiger partial charge on any atom is 0.306 e. The molecule has 0 saturated carbocycles. The fraction of sp³-hybridized carbons (Fsp3) is 0.250. The molecule has 0 spiro atoms. The Morgan fingerprint density at radius 2 is 1.81 bits per heavy atom. The smallest absolute Gasteiger partial charge is 0.306 e. The molecule has 2 N–H and O–H groups in total. The summed E-state index contributed by atoms with van der Waals surface area (Å²) in [5, 5.41) is 0. The van der Waals surface area contributed by atoms with E-state index in [0.29, 0.717) is 5.56 Å². The fourth-order valence-corrected chi connectivity index (χ4v) is 1.91.